The van der Waals surface area contributed by atoms with Gasteiger partial charge in [0.2, 0.25) is 0 Å². The summed E-state index contributed by atoms with van der Waals surface area (Å²) in [6, 6.07) is 3.12. The van der Waals surface area contributed by atoms with Crippen LogP contribution in [0.2, 0.25) is 0 Å². The molecule has 2 N–H and O–H groups in total. The maximum atomic E-state index is 9.53. The molecule has 0 amide bonds. The molecule has 1 heterocycles. The van der Waals surface area contributed by atoms with E-state index in [1.807, 2.05) is 0 Å². The molecule has 0 aromatic heterocycles. The summed E-state index contributed by atoms with van der Waals surface area (Å²) in [6.07, 6.45) is 2.07. The van der Waals surface area contributed by atoms with Crippen molar-refractivity contribution >= 4 is 0 Å². The molecule has 0 radical (unpaired) electrons. The summed E-state index contributed by atoms with van der Waals surface area (Å²) in [6.45, 7) is 6.35. The molecule has 1 unspecified atom stereocenters. The van der Waals surface area contributed by atoms with Crippen molar-refractivity contribution in [3.63, 3.8) is 0 Å². The number of hydrogen-bond acceptors (Lipinski definition) is 3. The standard InChI is InChI=1S/C13H18O3/c1-4-8-7-13(2,3)9-5-10(14)11(15)6-12(9)16-8/h5-6,8,14-15H,4,7H2,1-3H3. The summed E-state index contributed by atoms with van der Waals surface area (Å²) in [5.41, 5.74) is 0.937. The fourth-order valence-corrected chi connectivity index (χ4v) is 2.31. The number of fused-ring (bicyclic) bond motifs is 1. The predicted octanol–water partition coefficient (Wildman–Crippen LogP) is 2.94. The Kier molecular flexibility index (Phi) is 2.49. The molecule has 16 heavy (non-hydrogen) atoms. The molecule has 1 atom stereocenters. The quantitative estimate of drug-likeness (QED) is 0.718. The van der Waals surface area contributed by atoms with Crippen LogP contribution in [0.15, 0.2) is 12.1 Å². The van der Waals surface area contributed by atoms with E-state index in [1.54, 1.807) is 6.07 Å². The first-order valence-electron chi connectivity index (χ1n) is 5.67. The van der Waals surface area contributed by atoms with Crippen LogP contribution in [0.4, 0.5) is 0 Å². The van der Waals surface area contributed by atoms with E-state index in [0.717, 1.165) is 18.4 Å². The first-order chi connectivity index (χ1) is 7.44. The third-order valence-corrected chi connectivity index (χ3v) is 3.29. The van der Waals surface area contributed by atoms with E-state index < -0.39 is 0 Å². The van der Waals surface area contributed by atoms with E-state index in [0.29, 0.717) is 5.75 Å². The molecule has 0 bridgehead atoms. The van der Waals surface area contributed by atoms with Gasteiger partial charge in [0, 0.05) is 11.6 Å². The van der Waals surface area contributed by atoms with Crippen molar-refractivity contribution in [1.82, 2.24) is 0 Å². The van der Waals surface area contributed by atoms with E-state index in [1.165, 1.54) is 6.07 Å². The first-order valence-corrected chi connectivity index (χ1v) is 5.67. The average Bonchev–Trinajstić information content (AvgIpc) is 2.20. The Hall–Kier alpha value is -1.38. The third-order valence-electron chi connectivity index (χ3n) is 3.29. The summed E-state index contributed by atoms with van der Waals surface area (Å²) in [5.74, 6) is 0.495. The van der Waals surface area contributed by atoms with Crippen LogP contribution in [0.3, 0.4) is 0 Å². The van der Waals surface area contributed by atoms with Crippen LogP contribution in [0.1, 0.15) is 39.2 Å². The number of aromatic hydroxyl groups is 2. The number of phenols is 2. The number of hydrogen-bond donors (Lipinski definition) is 2. The lowest BCUT2D eigenvalue weighted by atomic mass is 9.77. The van der Waals surface area contributed by atoms with Crippen LogP contribution in [0, 0.1) is 0 Å². The third kappa shape index (κ3) is 1.70. The maximum Gasteiger partial charge on any atom is 0.161 e. The Bertz CT molecular complexity index is 410. The molecule has 0 aliphatic carbocycles. The van der Waals surface area contributed by atoms with Gasteiger partial charge in [0.25, 0.3) is 0 Å². The number of benzene rings is 1. The highest BCUT2D eigenvalue weighted by Gasteiger charge is 2.34. The Labute approximate surface area is 95.7 Å². The lowest BCUT2D eigenvalue weighted by molar-refractivity contribution is 0.130. The summed E-state index contributed by atoms with van der Waals surface area (Å²) in [7, 11) is 0. The lowest BCUT2D eigenvalue weighted by Gasteiger charge is -2.37. The molecule has 0 spiro atoms. The summed E-state index contributed by atoms with van der Waals surface area (Å²) in [5, 5.41) is 19.0. The highest BCUT2D eigenvalue weighted by atomic mass is 16.5. The molecule has 1 aliphatic rings. The monoisotopic (exact) mass is 222 g/mol. The second-order valence-electron chi connectivity index (χ2n) is 5.07. The minimum absolute atomic E-state index is 0.0283. The van der Waals surface area contributed by atoms with Gasteiger partial charge in [-0.3, -0.25) is 0 Å². The molecule has 1 aromatic carbocycles. The van der Waals surface area contributed by atoms with E-state index >= 15 is 0 Å². The van der Waals surface area contributed by atoms with Gasteiger partial charge in [-0.05, 0) is 24.3 Å². The smallest absolute Gasteiger partial charge is 0.161 e. The van der Waals surface area contributed by atoms with Gasteiger partial charge in [0.1, 0.15) is 5.75 Å². The van der Waals surface area contributed by atoms with Gasteiger partial charge < -0.3 is 14.9 Å². The Morgan fingerprint density at radius 1 is 1.31 bits per heavy atom. The molecule has 3 heteroatoms. The number of phenolic OH excluding ortho intramolecular Hbond substituents is 2. The van der Waals surface area contributed by atoms with Crippen molar-refractivity contribution in [3.05, 3.63) is 17.7 Å². The second kappa shape index (κ2) is 3.58. The van der Waals surface area contributed by atoms with Crippen LogP contribution < -0.4 is 4.74 Å². The van der Waals surface area contributed by atoms with Crippen molar-refractivity contribution in [2.24, 2.45) is 0 Å². The van der Waals surface area contributed by atoms with Gasteiger partial charge in [-0.15, -0.1) is 0 Å². The molecule has 0 saturated carbocycles. The fraction of sp³-hybridized carbons (Fsp3) is 0.538. The minimum atomic E-state index is -0.119. The second-order valence-corrected chi connectivity index (χ2v) is 5.07. The van der Waals surface area contributed by atoms with Crippen LogP contribution in [-0.4, -0.2) is 16.3 Å². The molecular weight excluding hydrogens is 204 g/mol. The molecule has 0 saturated heterocycles. The summed E-state index contributed by atoms with van der Waals surface area (Å²) < 4.78 is 5.78. The van der Waals surface area contributed by atoms with Gasteiger partial charge in [-0.1, -0.05) is 20.8 Å². The van der Waals surface area contributed by atoms with Gasteiger partial charge in [0.05, 0.1) is 6.10 Å². The highest BCUT2D eigenvalue weighted by Crippen LogP contribution is 2.45. The van der Waals surface area contributed by atoms with Crippen molar-refractivity contribution < 1.29 is 14.9 Å². The van der Waals surface area contributed by atoms with Crippen molar-refractivity contribution in [2.45, 2.75) is 45.1 Å². The van der Waals surface area contributed by atoms with E-state index in [2.05, 4.69) is 20.8 Å². The van der Waals surface area contributed by atoms with Crippen LogP contribution in [0.25, 0.3) is 0 Å². The van der Waals surface area contributed by atoms with Gasteiger partial charge >= 0.3 is 0 Å². The average molecular weight is 222 g/mol. The summed E-state index contributed by atoms with van der Waals surface area (Å²) in [4.78, 5) is 0. The Morgan fingerprint density at radius 3 is 2.56 bits per heavy atom. The molecule has 3 nitrogen and oxygen atoms in total. The van der Waals surface area contributed by atoms with E-state index in [-0.39, 0.29) is 23.0 Å². The first kappa shape index (κ1) is 11.1. The van der Waals surface area contributed by atoms with Crippen LogP contribution in [-0.2, 0) is 5.41 Å². The Balaban J connectivity index is 2.51. The largest absolute Gasteiger partial charge is 0.504 e. The molecule has 0 fully saturated rings. The molecule has 1 aromatic rings. The highest BCUT2D eigenvalue weighted by molar-refractivity contribution is 5.52. The van der Waals surface area contributed by atoms with Gasteiger partial charge in [0.15, 0.2) is 11.5 Å². The van der Waals surface area contributed by atoms with Crippen molar-refractivity contribution in [1.29, 1.82) is 0 Å². The van der Waals surface area contributed by atoms with Gasteiger partial charge in [-0.25, -0.2) is 0 Å². The van der Waals surface area contributed by atoms with E-state index in [9.17, 15) is 10.2 Å². The predicted molar refractivity (Wildman–Crippen MR) is 62.1 cm³/mol. The molecule has 1 aliphatic heterocycles. The maximum absolute atomic E-state index is 9.53. The zero-order valence-corrected chi connectivity index (χ0v) is 9.95. The van der Waals surface area contributed by atoms with Crippen molar-refractivity contribution in [2.75, 3.05) is 0 Å². The SMILES string of the molecule is CCC1CC(C)(C)c2cc(O)c(O)cc2O1. The topological polar surface area (TPSA) is 49.7 Å². The van der Waals surface area contributed by atoms with E-state index in [4.69, 9.17) is 4.74 Å². The van der Waals surface area contributed by atoms with Crippen molar-refractivity contribution in [3.8, 4) is 17.2 Å². The summed E-state index contributed by atoms with van der Waals surface area (Å²) >= 11 is 0. The zero-order valence-electron chi connectivity index (χ0n) is 9.95. The molecule has 2 rings (SSSR count). The number of rotatable bonds is 1. The molecular formula is C13H18O3. The Morgan fingerprint density at radius 2 is 1.94 bits per heavy atom. The minimum Gasteiger partial charge on any atom is -0.504 e. The fourth-order valence-electron chi connectivity index (χ4n) is 2.31. The van der Waals surface area contributed by atoms with Crippen LogP contribution >= 0.6 is 0 Å². The zero-order chi connectivity index (χ0) is 11.9. The molecule has 88 valence electrons. The van der Waals surface area contributed by atoms with Gasteiger partial charge in [-0.2, -0.15) is 0 Å². The number of ether oxygens (including phenoxy) is 1. The lowest BCUT2D eigenvalue weighted by Crippen LogP contribution is -2.33. The normalized spacial score (nSPS) is 22.3. The van der Waals surface area contributed by atoms with Crippen LogP contribution in [0.5, 0.6) is 17.2 Å².